The molecule has 0 saturated carbocycles. The Bertz CT molecular complexity index is 373. The molecule has 0 heterocycles. The Kier molecular flexibility index (Phi) is 4.78. The van der Waals surface area contributed by atoms with Gasteiger partial charge in [-0.1, -0.05) is 37.3 Å². The van der Waals surface area contributed by atoms with Gasteiger partial charge >= 0.3 is 0 Å². The Labute approximate surface area is 91.6 Å². The van der Waals surface area contributed by atoms with E-state index in [1.54, 1.807) is 0 Å². The smallest absolute Gasteiger partial charge is 0.211 e. The van der Waals surface area contributed by atoms with Crippen molar-refractivity contribution < 1.29 is 8.42 Å². The van der Waals surface area contributed by atoms with Crippen molar-refractivity contribution in [3.63, 3.8) is 0 Å². The molecular weight excluding hydrogens is 210 g/mol. The first-order chi connectivity index (χ1) is 7.14. The monoisotopic (exact) mass is 227 g/mol. The van der Waals surface area contributed by atoms with Crippen molar-refractivity contribution >= 4 is 10.0 Å². The second-order valence-corrected chi connectivity index (χ2v) is 5.38. The molecule has 0 aliphatic rings. The number of hydrogen-bond acceptors (Lipinski definition) is 2. The second kappa shape index (κ2) is 5.88. The lowest BCUT2D eigenvalue weighted by Crippen LogP contribution is -2.28. The molecule has 1 N–H and O–H groups in total. The van der Waals surface area contributed by atoms with Crippen molar-refractivity contribution in [3.05, 3.63) is 35.9 Å². The van der Waals surface area contributed by atoms with Gasteiger partial charge < -0.3 is 0 Å². The zero-order valence-corrected chi connectivity index (χ0v) is 9.76. The van der Waals surface area contributed by atoms with Crippen LogP contribution in [0.4, 0.5) is 0 Å². The molecule has 0 spiro atoms. The summed E-state index contributed by atoms with van der Waals surface area (Å²) in [6.45, 7) is 2.34. The SMILES string of the molecule is CCCS(=O)(=O)NCCc1ccccc1. The van der Waals surface area contributed by atoms with Gasteiger partial charge in [0.25, 0.3) is 0 Å². The fraction of sp³-hybridized carbons (Fsp3) is 0.455. The van der Waals surface area contributed by atoms with E-state index in [1.807, 2.05) is 37.3 Å². The van der Waals surface area contributed by atoms with E-state index in [2.05, 4.69) is 4.72 Å². The van der Waals surface area contributed by atoms with Crippen LogP contribution in [0.5, 0.6) is 0 Å². The van der Waals surface area contributed by atoms with Crippen LogP contribution in [0.25, 0.3) is 0 Å². The number of hydrogen-bond donors (Lipinski definition) is 1. The summed E-state index contributed by atoms with van der Waals surface area (Å²) in [5, 5.41) is 0. The second-order valence-electron chi connectivity index (χ2n) is 3.45. The molecule has 84 valence electrons. The van der Waals surface area contributed by atoms with Gasteiger partial charge in [-0.3, -0.25) is 0 Å². The molecule has 0 saturated heterocycles. The normalized spacial score (nSPS) is 11.5. The van der Waals surface area contributed by atoms with Crippen LogP contribution in [0.2, 0.25) is 0 Å². The van der Waals surface area contributed by atoms with Crippen molar-refractivity contribution in [2.24, 2.45) is 0 Å². The molecule has 0 aliphatic heterocycles. The topological polar surface area (TPSA) is 46.2 Å². The van der Waals surface area contributed by atoms with Crippen molar-refractivity contribution in [1.29, 1.82) is 0 Å². The first kappa shape index (κ1) is 12.2. The van der Waals surface area contributed by atoms with E-state index in [0.29, 0.717) is 13.0 Å². The highest BCUT2D eigenvalue weighted by molar-refractivity contribution is 7.89. The van der Waals surface area contributed by atoms with E-state index >= 15 is 0 Å². The summed E-state index contributed by atoms with van der Waals surface area (Å²) in [7, 11) is -3.05. The molecule has 0 aromatic heterocycles. The molecule has 3 nitrogen and oxygen atoms in total. The minimum absolute atomic E-state index is 0.210. The predicted octanol–water partition coefficient (Wildman–Crippen LogP) is 1.56. The number of sulfonamides is 1. The lowest BCUT2D eigenvalue weighted by atomic mass is 10.2. The van der Waals surface area contributed by atoms with Crippen molar-refractivity contribution in [2.45, 2.75) is 19.8 Å². The van der Waals surface area contributed by atoms with Crippen LogP contribution in [-0.2, 0) is 16.4 Å². The standard InChI is InChI=1S/C11H17NO2S/c1-2-10-15(13,14)12-9-8-11-6-4-3-5-7-11/h3-7,12H,2,8-10H2,1H3. The summed E-state index contributed by atoms with van der Waals surface area (Å²) in [5.41, 5.74) is 1.15. The van der Waals surface area contributed by atoms with Crippen LogP contribution in [-0.4, -0.2) is 20.7 Å². The van der Waals surface area contributed by atoms with Crippen molar-refractivity contribution in [3.8, 4) is 0 Å². The maximum absolute atomic E-state index is 11.3. The van der Waals surface area contributed by atoms with E-state index in [-0.39, 0.29) is 5.75 Å². The number of nitrogens with one attached hydrogen (secondary N) is 1. The summed E-state index contributed by atoms with van der Waals surface area (Å²) in [5.74, 6) is 0.210. The fourth-order valence-corrected chi connectivity index (χ4v) is 2.43. The molecule has 4 heteroatoms. The van der Waals surface area contributed by atoms with Gasteiger partial charge in [0.2, 0.25) is 10.0 Å². The Morgan fingerprint density at radius 3 is 2.47 bits per heavy atom. The predicted molar refractivity (Wildman–Crippen MR) is 62.2 cm³/mol. The van der Waals surface area contributed by atoms with Crippen molar-refractivity contribution in [1.82, 2.24) is 4.72 Å². The molecule has 0 aliphatic carbocycles. The van der Waals surface area contributed by atoms with Crippen molar-refractivity contribution in [2.75, 3.05) is 12.3 Å². The van der Waals surface area contributed by atoms with Crippen LogP contribution in [0.15, 0.2) is 30.3 Å². The molecule has 0 atom stereocenters. The van der Waals surface area contributed by atoms with Crippen LogP contribution < -0.4 is 4.72 Å². The van der Waals surface area contributed by atoms with E-state index in [4.69, 9.17) is 0 Å². The van der Waals surface area contributed by atoms with Crippen LogP contribution in [0, 0.1) is 0 Å². The summed E-state index contributed by atoms with van der Waals surface area (Å²) in [6, 6.07) is 9.85. The highest BCUT2D eigenvalue weighted by atomic mass is 32.2. The van der Waals surface area contributed by atoms with Crippen LogP contribution in [0.1, 0.15) is 18.9 Å². The van der Waals surface area contributed by atoms with Gasteiger partial charge in [-0.05, 0) is 18.4 Å². The van der Waals surface area contributed by atoms with E-state index in [1.165, 1.54) is 0 Å². The molecule has 0 amide bonds. The fourth-order valence-electron chi connectivity index (χ4n) is 1.34. The Morgan fingerprint density at radius 2 is 1.87 bits per heavy atom. The minimum Gasteiger partial charge on any atom is -0.215 e. The average Bonchev–Trinajstić information content (AvgIpc) is 2.19. The molecule has 1 aromatic rings. The molecular formula is C11H17NO2S. The molecule has 0 radical (unpaired) electrons. The van der Waals surface area contributed by atoms with Gasteiger partial charge in [0.1, 0.15) is 0 Å². The maximum atomic E-state index is 11.3. The van der Waals surface area contributed by atoms with E-state index in [9.17, 15) is 8.42 Å². The average molecular weight is 227 g/mol. The van der Waals surface area contributed by atoms with Gasteiger partial charge in [0.15, 0.2) is 0 Å². The maximum Gasteiger partial charge on any atom is 0.211 e. The lowest BCUT2D eigenvalue weighted by Gasteiger charge is -2.05. The summed E-state index contributed by atoms with van der Waals surface area (Å²) in [6.07, 6.45) is 1.39. The molecule has 15 heavy (non-hydrogen) atoms. The zero-order valence-electron chi connectivity index (χ0n) is 8.94. The Morgan fingerprint density at radius 1 is 1.20 bits per heavy atom. The van der Waals surface area contributed by atoms with Gasteiger partial charge in [-0.2, -0.15) is 0 Å². The first-order valence-electron chi connectivity index (χ1n) is 5.15. The Balaban J connectivity index is 2.34. The minimum atomic E-state index is -3.05. The quantitative estimate of drug-likeness (QED) is 0.801. The molecule has 0 bridgehead atoms. The van der Waals surface area contributed by atoms with Gasteiger partial charge in [-0.15, -0.1) is 0 Å². The third-order valence-corrected chi connectivity index (χ3v) is 3.64. The van der Waals surface area contributed by atoms with Crippen LogP contribution in [0.3, 0.4) is 0 Å². The van der Waals surface area contributed by atoms with E-state index < -0.39 is 10.0 Å². The lowest BCUT2D eigenvalue weighted by molar-refractivity contribution is 0.580. The summed E-state index contributed by atoms with van der Waals surface area (Å²) >= 11 is 0. The highest BCUT2D eigenvalue weighted by Gasteiger charge is 2.06. The largest absolute Gasteiger partial charge is 0.215 e. The highest BCUT2D eigenvalue weighted by Crippen LogP contribution is 1.98. The third kappa shape index (κ3) is 4.95. The van der Waals surface area contributed by atoms with Gasteiger partial charge in [-0.25, -0.2) is 13.1 Å². The number of rotatable bonds is 6. The van der Waals surface area contributed by atoms with E-state index in [0.717, 1.165) is 12.0 Å². The summed E-state index contributed by atoms with van der Waals surface area (Å²) < 4.78 is 25.2. The van der Waals surface area contributed by atoms with Gasteiger partial charge in [0, 0.05) is 6.54 Å². The van der Waals surface area contributed by atoms with Crippen LogP contribution >= 0.6 is 0 Å². The Hall–Kier alpha value is -0.870. The third-order valence-electron chi connectivity index (χ3n) is 2.05. The molecule has 0 fully saturated rings. The first-order valence-corrected chi connectivity index (χ1v) is 6.80. The zero-order chi connectivity index (χ0) is 11.1. The molecule has 1 rings (SSSR count). The number of benzene rings is 1. The molecule has 0 unspecified atom stereocenters. The summed E-state index contributed by atoms with van der Waals surface area (Å²) in [4.78, 5) is 0. The molecule has 1 aromatic carbocycles. The van der Waals surface area contributed by atoms with Gasteiger partial charge in [0.05, 0.1) is 5.75 Å².